The summed E-state index contributed by atoms with van der Waals surface area (Å²) in [6, 6.07) is 0.177. The number of aromatic nitrogens is 2. The minimum absolute atomic E-state index is 0.114. The average molecular weight is 265 g/mol. The number of unbranched alkanes of at least 4 members (excludes halogenated alkanes) is 1. The first-order valence-corrected chi connectivity index (χ1v) is 7.33. The summed E-state index contributed by atoms with van der Waals surface area (Å²) in [5, 5.41) is 4.15. The fraction of sp³-hybridized carbons (Fsp3) is 0.846. The smallest absolute Gasteiger partial charge is 0.243 e. The van der Waals surface area contributed by atoms with Crippen molar-refractivity contribution in [1.29, 1.82) is 0 Å². The lowest BCUT2D eigenvalue weighted by atomic mass is 10.1. The van der Waals surface area contributed by atoms with Crippen molar-refractivity contribution < 1.29 is 4.52 Å². The van der Waals surface area contributed by atoms with Gasteiger partial charge >= 0.3 is 0 Å². The van der Waals surface area contributed by atoms with Crippen LogP contribution in [-0.4, -0.2) is 52.7 Å². The van der Waals surface area contributed by atoms with Gasteiger partial charge in [0.25, 0.3) is 0 Å². The van der Waals surface area contributed by atoms with Gasteiger partial charge in [0.15, 0.2) is 5.82 Å². The normalized spacial score (nSPS) is 31.6. The highest BCUT2D eigenvalue weighted by Crippen LogP contribution is 2.27. The lowest BCUT2D eigenvalue weighted by molar-refractivity contribution is 0.00781. The second-order valence-electron chi connectivity index (χ2n) is 5.59. The third-order valence-corrected chi connectivity index (χ3v) is 4.22. The van der Waals surface area contributed by atoms with Crippen molar-refractivity contribution in [3.05, 3.63) is 11.7 Å². The van der Waals surface area contributed by atoms with E-state index in [0.717, 1.165) is 57.8 Å². The molecule has 6 nitrogen and oxygen atoms in total. The lowest BCUT2D eigenvalue weighted by Gasteiger charge is -2.46. The standard InChI is InChI=1S/C13H23N5O/c1-2-3-4-10(14)13-15-12(16-19-13)11-9-17-5-7-18(11)8-6-17/h10-11H,2-9,14H2,1H3. The van der Waals surface area contributed by atoms with E-state index >= 15 is 0 Å². The quantitative estimate of drug-likeness (QED) is 0.854. The Balaban J connectivity index is 1.67. The van der Waals surface area contributed by atoms with Crippen LogP contribution in [0.4, 0.5) is 0 Å². The maximum absolute atomic E-state index is 6.08. The Bertz CT molecular complexity index is 413. The van der Waals surface area contributed by atoms with Crippen molar-refractivity contribution in [3.63, 3.8) is 0 Å². The molecule has 0 aliphatic carbocycles. The summed E-state index contributed by atoms with van der Waals surface area (Å²) in [5.74, 6) is 1.41. The van der Waals surface area contributed by atoms with Gasteiger partial charge in [0, 0.05) is 32.7 Å². The van der Waals surface area contributed by atoms with Crippen molar-refractivity contribution in [2.24, 2.45) is 5.73 Å². The van der Waals surface area contributed by atoms with Gasteiger partial charge in [0.05, 0.1) is 12.1 Å². The average Bonchev–Trinajstić information content (AvgIpc) is 2.95. The van der Waals surface area contributed by atoms with Crippen LogP contribution in [-0.2, 0) is 0 Å². The predicted molar refractivity (Wildman–Crippen MR) is 71.5 cm³/mol. The highest BCUT2D eigenvalue weighted by molar-refractivity contribution is 5.02. The van der Waals surface area contributed by atoms with Crippen molar-refractivity contribution in [2.45, 2.75) is 38.3 Å². The Morgan fingerprint density at radius 1 is 1.37 bits per heavy atom. The Hall–Kier alpha value is -0.980. The zero-order valence-corrected chi connectivity index (χ0v) is 11.6. The molecule has 3 aliphatic rings. The number of hydrogen-bond acceptors (Lipinski definition) is 6. The minimum Gasteiger partial charge on any atom is -0.338 e. The van der Waals surface area contributed by atoms with Crippen LogP contribution in [0.15, 0.2) is 4.52 Å². The van der Waals surface area contributed by atoms with Crippen molar-refractivity contribution in [3.8, 4) is 0 Å². The Kier molecular flexibility index (Phi) is 3.81. The van der Waals surface area contributed by atoms with Crippen LogP contribution in [0.2, 0.25) is 0 Å². The van der Waals surface area contributed by atoms with E-state index in [1.807, 2.05) is 0 Å². The van der Waals surface area contributed by atoms with Crippen LogP contribution in [0, 0.1) is 0 Å². The Morgan fingerprint density at radius 2 is 2.16 bits per heavy atom. The van der Waals surface area contributed by atoms with Crippen LogP contribution in [0.5, 0.6) is 0 Å². The van der Waals surface area contributed by atoms with E-state index in [9.17, 15) is 0 Å². The minimum atomic E-state index is -0.114. The number of nitrogens with zero attached hydrogens (tertiary/aromatic N) is 4. The van der Waals surface area contributed by atoms with Crippen LogP contribution in [0.3, 0.4) is 0 Å². The largest absolute Gasteiger partial charge is 0.338 e. The molecule has 0 aromatic carbocycles. The molecule has 2 atom stereocenters. The maximum Gasteiger partial charge on any atom is 0.243 e. The van der Waals surface area contributed by atoms with E-state index in [2.05, 4.69) is 26.9 Å². The third-order valence-electron chi connectivity index (χ3n) is 4.22. The van der Waals surface area contributed by atoms with Gasteiger partial charge in [-0.15, -0.1) is 0 Å². The molecule has 106 valence electrons. The van der Waals surface area contributed by atoms with E-state index in [-0.39, 0.29) is 6.04 Å². The molecule has 19 heavy (non-hydrogen) atoms. The van der Waals surface area contributed by atoms with E-state index in [0.29, 0.717) is 11.9 Å². The zero-order valence-electron chi connectivity index (χ0n) is 11.6. The highest BCUT2D eigenvalue weighted by atomic mass is 16.5. The summed E-state index contributed by atoms with van der Waals surface area (Å²) in [6.45, 7) is 7.72. The van der Waals surface area contributed by atoms with Crippen molar-refractivity contribution >= 4 is 0 Å². The summed E-state index contributed by atoms with van der Waals surface area (Å²) in [6.07, 6.45) is 3.15. The summed E-state index contributed by atoms with van der Waals surface area (Å²) in [4.78, 5) is 9.45. The molecule has 3 aliphatic heterocycles. The molecular formula is C13H23N5O. The van der Waals surface area contributed by atoms with E-state index in [1.165, 1.54) is 0 Å². The molecule has 4 rings (SSSR count). The third kappa shape index (κ3) is 2.66. The molecule has 2 N–H and O–H groups in total. The van der Waals surface area contributed by atoms with Crippen LogP contribution >= 0.6 is 0 Å². The van der Waals surface area contributed by atoms with E-state index < -0.39 is 0 Å². The van der Waals surface area contributed by atoms with Crippen LogP contribution < -0.4 is 5.73 Å². The van der Waals surface area contributed by atoms with E-state index in [1.54, 1.807) is 0 Å². The Labute approximate surface area is 113 Å². The van der Waals surface area contributed by atoms with Gasteiger partial charge in [-0.1, -0.05) is 24.9 Å². The first kappa shape index (κ1) is 13.0. The first-order chi connectivity index (χ1) is 9.28. The number of piperazine rings is 3. The Morgan fingerprint density at radius 3 is 2.79 bits per heavy atom. The van der Waals surface area contributed by atoms with Gasteiger partial charge in [0.1, 0.15) is 0 Å². The summed E-state index contributed by atoms with van der Waals surface area (Å²) in [5.41, 5.74) is 6.08. The lowest BCUT2D eigenvalue weighted by Crippen LogP contribution is -2.57. The maximum atomic E-state index is 6.08. The highest BCUT2D eigenvalue weighted by Gasteiger charge is 2.35. The van der Waals surface area contributed by atoms with Gasteiger partial charge in [0.2, 0.25) is 5.89 Å². The SMILES string of the molecule is CCCCC(N)c1nc(C2CN3CCN2CC3)no1. The molecule has 3 saturated heterocycles. The van der Waals surface area contributed by atoms with Crippen molar-refractivity contribution in [2.75, 3.05) is 32.7 Å². The number of hydrogen-bond donors (Lipinski definition) is 1. The number of rotatable bonds is 5. The molecule has 2 unspecified atom stereocenters. The molecule has 4 heterocycles. The fourth-order valence-electron chi connectivity index (χ4n) is 2.94. The molecule has 0 saturated carbocycles. The molecule has 2 bridgehead atoms. The number of nitrogens with two attached hydrogens (primary N) is 1. The van der Waals surface area contributed by atoms with Gasteiger partial charge < -0.3 is 10.3 Å². The van der Waals surface area contributed by atoms with Gasteiger partial charge in [-0.3, -0.25) is 9.80 Å². The summed E-state index contributed by atoms with van der Waals surface area (Å²) >= 11 is 0. The molecule has 3 fully saturated rings. The molecule has 1 aromatic rings. The topological polar surface area (TPSA) is 71.4 Å². The van der Waals surface area contributed by atoms with Gasteiger partial charge in [-0.05, 0) is 6.42 Å². The second kappa shape index (κ2) is 5.56. The molecule has 0 radical (unpaired) electrons. The molecule has 0 spiro atoms. The van der Waals surface area contributed by atoms with Gasteiger partial charge in [-0.25, -0.2) is 0 Å². The number of fused-ring (bicyclic) bond motifs is 3. The second-order valence-corrected chi connectivity index (χ2v) is 5.59. The van der Waals surface area contributed by atoms with Gasteiger partial charge in [-0.2, -0.15) is 4.98 Å². The van der Waals surface area contributed by atoms with Crippen LogP contribution in [0.1, 0.15) is 50.0 Å². The zero-order chi connectivity index (χ0) is 13.2. The summed E-state index contributed by atoms with van der Waals surface area (Å²) < 4.78 is 5.35. The fourth-order valence-corrected chi connectivity index (χ4v) is 2.94. The first-order valence-electron chi connectivity index (χ1n) is 7.33. The van der Waals surface area contributed by atoms with Crippen molar-refractivity contribution in [1.82, 2.24) is 19.9 Å². The molecule has 1 aromatic heterocycles. The molecule has 6 heteroatoms. The molecular weight excluding hydrogens is 242 g/mol. The van der Waals surface area contributed by atoms with E-state index in [4.69, 9.17) is 10.3 Å². The molecule has 0 amide bonds. The summed E-state index contributed by atoms with van der Waals surface area (Å²) in [7, 11) is 0. The monoisotopic (exact) mass is 265 g/mol. The van der Waals surface area contributed by atoms with Crippen LogP contribution in [0.25, 0.3) is 0 Å². The predicted octanol–water partition coefficient (Wildman–Crippen LogP) is 0.932.